The summed E-state index contributed by atoms with van der Waals surface area (Å²) in [5.74, 6) is 0.953. The van der Waals surface area contributed by atoms with E-state index in [1.165, 1.54) is 5.56 Å². The lowest BCUT2D eigenvalue weighted by atomic mass is 10.2. The van der Waals surface area contributed by atoms with Crippen LogP contribution in [0.1, 0.15) is 39.7 Å². The van der Waals surface area contributed by atoms with Crippen molar-refractivity contribution in [2.45, 2.75) is 52.9 Å². The minimum atomic E-state index is 0.189. The van der Waals surface area contributed by atoms with Gasteiger partial charge in [0, 0.05) is 23.2 Å². The van der Waals surface area contributed by atoms with Crippen LogP contribution in [0.2, 0.25) is 0 Å². The maximum absolute atomic E-state index is 5.82. The summed E-state index contributed by atoms with van der Waals surface area (Å²) in [4.78, 5) is 0. The molecule has 0 fully saturated rings. The Bertz CT molecular complexity index is 394. The van der Waals surface area contributed by atoms with Crippen LogP contribution in [0, 0.1) is 0 Å². The first-order valence-electron chi connectivity index (χ1n) is 7.26. The van der Waals surface area contributed by atoms with E-state index in [4.69, 9.17) is 9.47 Å². The summed E-state index contributed by atoms with van der Waals surface area (Å²) in [6.07, 6.45) is 1.52. The van der Waals surface area contributed by atoms with E-state index < -0.39 is 0 Å². The molecule has 0 unspecified atom stereocenters. The first-order valence-corrected chi connectivity index (χ1v) is 8.05. The maximum Gasteiger partial charge on any atom is 0.124 e. The van der Waals surface area contributed by atoms with Crippen LogP contribution in [0.4, 0.5) is 0 Å². The zero-order valence-electron chi connectivity index (χ0n) is 12.9. The van der Waals surface area contributed by atoms with Crippen LogP contribution in [0.25, 0.3) is 0 Å². The minimum Gasteiger partial charge on any atom is -0.491 e. The summed E-state index contributed by atoms with van der Waals surface area (Å²) in [6.45, 7) is 10.8. The molecule has 1 rings (SSSR count). The zero-order valence-corrected chi connectivity index (χ0v) is 14.5. The van der Waals surface area contributed by atoms with Crippen molar-refractivity contribution >= 4 is 15.9 Å². The SMILES string of the molecule is CC(C)OCCCNCc1cc(Br)ccc1OC(C)C. The van der Waals surface area contributed by atoms with E-state index in [2.05, 4.69) is 41.2 Å². The van der Waals surface area contributed by atoms with Crippen molar-refractivity contribution in [1.29, 1.82) is 0 Å². The van der Waals surface area contributed by atoms with Crippen LogP contribution in [-0.4, -0.2) is 25.4 Å². The van der Waals surface area contributed by atoms with Crippen LogP contribution in [-0.2, 0) is 11.3 Å². The number of halogens is 1. The van der Waals surface area contributed by atoms with Crippen molar-refractivity contribution in [2.75, 3.05) is 13.2 Å². The Labute approximate surface area is 131 Å². The molecule has 114 valence electrons. The molecule has 0 saturated heterocycles. The van der Waals surface area contributed by atoms with Gasteiger partial charge in [0.2, 0.25) is 0 Å². The van der Waals surface area contributed by atoms with Crippen LogP contribution in [0.15, 0.2) is 22.7 Å². The molecule has 0 aliphatic heterocycles. The van der Waals surface area contributed by atoms with Crippen molar-refractivity contribution in [3.8, 4) is 5.75 Å². The summed E-state index contributed by atoms with van der Waals surface area (Å²) in [6, 6.07) is 6.13. The molecular weight excluding hydrogens is 318 g/mol. The van der Waals surface area contributed by atoms with E-state index in [9.17, 15) is 0 Å². The Hall–Kier alpha value is -0.580. The number of ether oxygens (including phenoxy) is 2. The number of hydrogen-bond acceptors (Lipinski definition) is 3. The molecule has 1 aromatic rings. The fraction of sp³-hybridized carbons (Fsp3) is 0.625. The Balaban J connectivity index is 2.40. The molecule has 1 N–H and O–H groups in total. The molecule has 1 aromatic carbocycles. The molecule has 0 amide bonds. The summed E-state index contributed by atoms with van der Waals surface area (Å²) in [7, 11) is 0. The molecule has 0 bridgehead atoms. The van der Waals surface area contributed by atoms with Gasteiger partial charge in [0.15, 0.2) is 0 Å². The molecule has 20 heavy (non-hydrogen) atoms. The summed E-state index contributed by atoms with van der Waals surface area (Å²) in [5, 5.41) is 3.44. The molecule has 0 saturated carbocycles. The standard InChI is InChI=1S/C16H26BrNO2/c1-12(2)19-9-5-8-18-11-14-10-15(17)6-7-16(14)20-13(3)4/h6-7,10,12-13,18H,5,8-9,11H2,1-4H3. The molecular formula is C16H26BrNO2. The largest absolute Gasteiger partial charge is 0.491 e. The second-order valence-electron chi connectivity index (χ2n) is 5.37. The van der Waals surface area contributed by atoms with E-state index in [1.54, 1.807) is 0 Å². The van der Waals surface area contributed by atoms with Gasteiger partial charge in [-0.15, -0.1) is 0 Å². The van der Waals surface area contributed by atoms with Gasteiger partial charge in [0.25, 0.3) is 0 Å². The van der Waals surface area contributed by atoms with Crippen LogP contribution < -0.4 is 10.1 Å². The number of rotatable bonds is 9. The molecule has 0 radical (unpaired) electrons. The maximum atomic E-state index is 5.82. The summed E-state index contributed by atoms with van der Waals surface area (Å²) >= 11 is 3.51. The quantitative estimate of drug-likeness (QED) is 0.683. The summed E-state index contributed by atoms with van der Waals surface area (Å²) in [5.41, 5.74) is 1.18. The highest BCUT2D eigenvalue weighted by Gasteiger charge is 2.06. The van der Waals surface area contributed by atoms with Crippen LogP contribution >= 0.6 is 15.9 Å². The van der Waals surface area contributed by atoms with Gasteiger partial charge in [-0.25, -0.2) is 0 Å². The molecule has 0 aromatic heterocycles. The van der Waals surface area contributed by atoms with E-state index in [0.29, 0.717) is 6.10 Å². The lowest BCUT2D eigenvalue weighted by Crippen LogP contribution is -2.18. The van der Waals surface area contributed by atoms with Gasteiger partial charge in [-0.3, -0.25) is 0 Å². The van der Waals surface area contributed by atoms with Crippen molar-refractivity contribution < 1.29 is 9.47 Å². The topological polar surface area (TPSA) is 30.5 Å². The Morgan fingerprint density at radius 3 is 2.55 bits per heavy atom. The van der Waals surface area contributed by atoms with Gasteiger partial charge in [-0.05, 0) is 58.9 Å². The molecule has 0 spiro atoms. The van der Waals surface area contributed by atoms with Crippen LogP contribution in [0.5, 0.6) is 5.75 Å². The van der Waals surface area contributed by atoms with Crippen molar-refractivity contribution in [1.82, 2.24) is 5.32 Å². The third-order valence-corrected chi connectivity index (χ3v) is 3.14. The molecule has 0 heterocycles. The first kappa shape index (κ1) is 17.5. The third-order valence-electron chi connectivity index (χ3n) is 2.65. The Morgan fingerprint density at radius 1 is 1.15 bits per heavy atom. The Morgan fingerprint density at radius 2 is 1.90 bits per heavy atom. The van der Waals surface area contributed by atoms with Crippen LogP contribution in [0.3, 0.4) is 0 Å². The van der Waals surface area contributed by atoms with Gasteiger partial charge in [-0.1, -0.05) is 15.9 Å². The van der Waals surface area contributed by atoms with Gasteiger partial charge in [0.05, 0.1) is 12.2 Å². The monoisotopic (exact) mass is 343 g/mol. The fourth-order valence-electron chi connectivity index (χ4n) is 1.79. The van der Waals surface area contributed by atoms with E-state index in [1.807, 2.05) is 26.0 Å². The molecule has 0 atom stereocenters. The lowest BCUT2D eigenvalue weighted by Gasteiger charge is -2.15. The minimum absolute atomic E-state index is 0.189. The third kappa shape index (κ3) is 7.27. The summed E-state index contributed by atoms with van der Waals surface area (Å²) < 4.78 is 12.4. The predicted molar refractivity (Wildman–Crippen MR) is 87.3 cm³/mol. The fourth-order valence-corrected chi connectivity index (χ4v) is 2.20. The van der Waals surface area contributed by atoms with E-state index >= 15 is 0 Å². The smallest absolute Gasteiger partial charge is 0.124 e. The highest BCUT2D eigenvalue weighted by Crippen LogP contribution is 2.24. The van der Waals surface area contributed by atoms with Crippen molar-refractivity contribution in [3.05, 3.63) is 28.2 Å². The lowest BCUT2D eigenvalue weighted by molar-refractivity contribution is 0.0770. The number of hydrogen-bond donors (Lipinski definition) is 1. The molecule has 4 heteroatoms. The average molecular weight is 344 g/mol. The predicted octanol–water partition coefficient (Wildman–Crippen LogP) is 4.14. The normalized spacial score (nSPS) is 11.3. The zero-order chi connectivity index (χ0) is 15.0. The first-order chi connectivity index (χ1) is 9.49. The van der Waals surface area contributed by atoms with Crippen molar-refractivity contribution in [2.24, 2.45) is 0 Å². The second kappa shape index (κ2) is 9.37. The van der Waals surface area contributed by atoms with Crippen molar-refractivity contribution in [3.63, 3.8) is 0 Å². The molecule has 3 nitrogen and oxygen atoms in total. The molecule has 0 aliphatic carbocycles. The van der Waals surface area contributed by atoms with Gasteiger partial charge < -0.3 is 14.8 Å². The van der Waals surface area contributed by atoms with Gasteiger partial charge in [-0.2, -0.15) is 0 Å². The van der Waals surface area contributed by atoms with Gasteiger partial charge >= 0.3 is 0 Å². The number of benzene rings is 1. The highest BCUT2D eigenvalue weighted by molar-refractivity contribution is 9.10. The second-order valence-corrected chi connectivity index (χ2v) is 6.28. The van der Waals surface area contributed by atoms with Gasteiger partial charge in [0.1, 0.15) is 5.75 Å². The Kier molecular flexibility index (Phi) is 8.19. The highest BCUT2D eigenvalue weighted by atomic mass is 79.9. The molecule has 0 aliphatic rings. The average Bonchev–Trinajstić information content (AvgIpc) is 2.35. The van der Waals surface area contributed by atoms with E-state index in [0.717, 1.165) is 36.3 Å². The van der Waals surface area contributed by atoms with E-state index in [-0.39, 0.29) is 6.10 Å². The number of nitrogens with one attached hydrogen (secondary N) is 1.